The molecule has 24 heavy (non-hydrogen) atoms. The maximum Gasteiger partial charge on any atom is 0.255 e. The zero-order chi connectivity index (χ0) is 16.6. The lowest BCUT2D eigenvalue weighted by atomic mass is 10.2. The minimum atomic E-state index is -0.0711. The fourth-order valence-electron chi connectivity index (χ4n) is 2.55. The number of carbonyl (C=O) groups excluding carboxylic acids is 1. The Labute approximate surface area is 146 Å². The summed E-state index contributed by atoms with van der Waals surface area (Å²) in [5.74, 6) is 1.51. The molecule has 1 saturated heterocycles. The normalized spacial score (nSPS) is 14.4. The number of ether oxygens (including phenoxy) is 1. The van der Waals surface area contributed by atoms with Crippen LogP contribution in [-0.2, 0) is 4.74 Å². The van der Waals surface area contributed by atoms with E-state index < -0.39 is 0 Å². The second-order valence-electron chi connectivity index (χ2n) is 5.39. The first-order chi connectivity index (χ1) is 11.8. The van der Waals surface area contributed by atoms with Crippen molar-refractivity contribution in [2.75, 3.05) is 43.5 Å². The number of nitrogens with zero attached hydrogens (tertiary/aromatic N) is 2. The van der Waals surface area contributed by atoms with Crippen LogP contribution in [0.15, 0.2) is 53.6 Å². The molecule has 5 nitrogen and oxygen atoms in total. The van der Waals surface area contributed by atoms with E-state index in [9.17, 15) is 4.79 Å². The number of amides is 1. The van der Waals surface area contributed by atoms with Crippen LogP contribution < -0.4 is 10.2 Å². The summed E-state index contributed by atoms with van der Waals surface area (Å²) in [6.45, 7) is 3.49. The SMILES string of the molecule is O=C(NCCSc1ccccc1)c1cccnc1N1CCOCC1. The second kappa shape index (κ2) is 8.70. The number of rotatable bonds is 6. The van der Waals surface area contributed by atoms with Crippen LogP contribution in [-0.4, -0.2) is 49.5 Å². The first-order valence-corrected chi connectivity index (χ1v) is 9.07. The van der Waals surface area contributed by atoms with Gasteiger partial charge in [0, 0.05) is 36.5 Å². The number of hydrogen-bond donors (Lipinski definition) is 1. The lowest BCUT2D eigenvalue weighted by Crippen LogP contribution is -2.38. The maximum atomic E-state index is 12.5. The van der Waals surface area contributed by atoms with Crippen molar-refractivity contribution in [3.63, 3.8) is 0 Å². The molecule has 0 spiro atoms. The summed E-state index contributed by atoms with van der Waals surface area (Å²) in [6.07, 6.45) is 1.73. The third-order valence-corrected chi connectivity index (χ3v) is 4.76. The molecule has 6 heteroatoms. The first-order valence-electron chi connectivity index (χ1n) is 8.08. The van der Waals surface area contributed by atoms with Gasteiger partial charge in [-0.05, 0) is 24.3 Å². The van der Waals surface area contributed by atoms with E-state index in [1.54, 1.807) is 24.0 Å². The standard InChI is InChI=1S/C18H21N3O2S/c22-18(20-9-14-24-15-5-2-1-3-6-15)16-7-4-8-19-17(16)21-10-12-23-13-11-21/h1-8H,9-14H2,(H,20,22). The van der Waals surface area contributed by atoms with Gasteiger partial charge in [-0.25, -0.2) is 4.98 Å². The number of pyridine rings is 1. The topological polar surface area (TPSA) is 54.5 Å². The van der Waals surface area contributed by atoms with E-state index in [0.29, 0.717) is 25.3 Å². The Morgan fingerprint density at radius 1 is 1.17 bits per heavy atom. The average molecular weight is 343 g/mol. The van der Waals surface area contributed by atoms with Gasteiger partial charge in [-0.1, -0.05) is 18.2 Å². The molecule has 2 heterocycles. The summed E-state index contributed by atoms with van der Waals surface area (Å²) < 4.78 is 5.37. The lowest BCUT2D eigenvalue weighted by Gasteiger charge is -2.29. The molecule has 1 fully saturated rings. The molecule has 0 bridgehead atoms. The summed E-state index contributed by atoms with van der Waals surface area (Å²) >= 11 is 1.73. The van der Waals surface area contributed by atoms with E-state index in [2.05, 4.69) is 27.3 Å². The molecule has 0 unspecified atom stereocenters. The largest absolute Gasteiger partial charge is 0.378 e. The smallest absolute Gasteiger partial charge is 0.255 e. The van der Waals surface area contributed by atoms with Crippen LogP contribution in [0.4, 0.5) is 5.82 Å². The molecule has 3 rings (SSSR count). The predicted molar refractivity (Wildman–Crippen MR) is 96.8 cm³/mol. The van der Waals surface area contributed by atoms with E-state index in [4.69, 9.17) is 4.74 Å². The minimum absolute atomic E-state index is 0.0711. The van der Waals surface area contributed by atoms with Crippen LogP contribution in [0.3, 0.4) is 0 Å². The third kappa shape index (κ3) is 4.49. The molecule has 1 aliphatic rings. The molecule has 0 atom stereocenters. The van der Waals surface area contributed by atoms with Crippen molar-refractivity contribution in [2.45, 2.75) is 4.90 Å². The molecule has 0 aliphatic carbocycles. The summed E-state index contributed by atoms with van der Waals surface area (Å²) in [5.41, 5.74) is 0.629. The number of morpholine rings is 1. The van der Waals surface area contributed by atoms with Crippen LogP contribution in [0.1, 0.15) is 10.4 Å². The molecule has 1 aromatic heterocycles. The van der Waals surface area contributed by atoms with Crippen molar-refractivity contribution in [3.05, 3.63) is 54.2 Å². The van der Waals surface area contributed by atoms with Gasteiger partial charge in [0.05, 0.1) is 18.8 Å². The molecule has 1 N–H and O–H groups in total. The Kier molecular flexibility index (Phi) is 6.09. The third-order valence-electron chi connectivity index (χ3n) is 3.74. The highest BCUT2D eigenvalue weighted by molar-refractivity contribution is 7.99. The number of nitrogens with one attached hydrogen (secondary N) is 1. The Balaban J connectivity index is 1.55. The first kappa shape index (κ1) is 16.8. The van der Waals surface area contributed by atoms with Gasteiger partial charge in [-0.3, -0.25) is 4.79 Å². The van der Waals surface area contributed by atoms with Crippen molar-refractivity contribution in [1.29, 1.82) is 0 Å². The predicted octanol–water partition coefficient (Wildman–Crippen LogP) is 2.44. The van der Waals surface area contributed by atoms with Gasteiger partial charge < -0.3 is 15.0 Å². The van der Waals surface area contributed by atoms with E-state index in [-0.39, 0.29) is 5.91 Å². The zero-order valence-electron chi connectivity index (χ0n) is 13.5. The van der Waals surface area contributed by atoms with Crippen LogP contribution in [0.5, 0.6) is 0 Å². The number of carbonyl (C=O) groups is 1. The number of anilines is 1. The zero-order valence-corrected chi connectivity index (χ0v) is 14.3. The fourth-order valence-corrected chi connectivity index (χ4v) is 3.34. The molecular weight excluding hydrogens is 322 g/mol. The van der Waals surface area contributed by atoms with Crippen LogP contribution in [0, 0.1) is 0 Å². The van der Waals surface area contributed by atoms with E-state index in [1.807, 2.05) is 24.3 Å². The fraction of sp³-hybridized carbons (Fsp3) is 0.333. The Hall–Kier alpha value is -2.05. The van der Waals surface area contributed by atoms with Gasteiger partial charge in [0.2, 0.25) is 0 Å². The van der Waals surface area contributed by atoms with E-state index in [1.165, 1.54) is 4.90 Å². The molecule has 0 saturated carbocycles. The highest BCUT2D eigenvalue weighted by Gasteiger charge is 2.19. The van der Waals surface area contributed by atoms with E-state index >= 15 is 0 Å². The Morgan fingerprint density at radius 3 is 2.75 bits per heavy atom. The number of thioether (sulfide) groups is 1. The van der Waals surface area contributed by atoms with Crippen molar-refractivity contribution in [1.82, 2.24) is 10.3 Å². The van der Waals surface area contributed by atoms with Crippen molar-refractivity contribution in [2.24, 2.45) is 0 Å². The Morgan fingerprint density at radius 2 is 1.96 bits per heavy atom. The number of benzene rings is 1. The molecule has 0 radical (unpaired) electrons. The van der Waals surface area contributed by atoms with E-state index in [0.717, 1.165) is 24.7 Å². The van der Waals surface area contributed by atoms with Crippen molar-refractivity contribution in [3.8, 4) is 0 Å². The maximum absolute atomic E-state index is 12.5. The lowest BCUT2D eigenvalue weighted by molar-refractivity contribution is 0.0954. The van der Waals surface area contributed by atoms with Crippen molar-refractivity contribution >= 4 is 23.5 Å². The molecule has 1 amide bonds. The highest BCUT2D eigenvalue weighted by Crippen LogP contribution is 2.19. The molecular formula is C18H21N3O2S. The average Bonchev–Trinajstić information content (AvgIpc) is 2.66. The van der Waals surface area contributed by atoms with Crippen LogP contribution >= 0.6 is 11.8 Å². The molecule has 1 aliphatic heterocycles. The minimum Gasteiger partial charge on any atom is -0.378 e. The molecule has 1 aromatic carbocycles. The van der Waals surface area contributed by atoms with Gasteiger partial charge >= 0.3 is 0 Å². The molecule has 126 valence electrons. The van der Waals surface area contributed by atoms with Gasteiger partial charge in [0.15, 0.2) is 0 Å². The van der Waals surface area contributed by atoms with Gasteiger partial charge in [0.25, 0.3) is 5.91 Å². The van der Waals surface area contributed by atoms with Gasteiger partial charge in [0.1, 0.15) is 5.82 Å². The van der Waals surface area contributed by atoms with Crippen LogP contribution in [0.25, 0.3) is 0 Å². The quantitative estimate of drug-likeness (QED) is 0.645. The second-order valence-corrected chi connectivity index (χ2v) is 6.56. The van der Waals surface area contributed by atoms with Crippen LogP contribution in [0.2, 0.25) is 0 Å². The number of hydrogen-bond acceptors (Lipinski definition) is 5. The summed E-state index contributed by atoms with van der Waals surface area (Å²) in [5, 5.41) is 2.99. The monoisotopic (exact) mass is 343 g/mol. The van der Waals surface area contributed by atoms with Crippen molar-refractivity contribution < 1.29 is 9.53 Å². The summed E-state index contributed by atoms with van der Waals surface area (Å²) in [4.78, 5) is 20.2. The van der Waals surface area contributed by atoms with Gasteiger partial charge in [-0.15, -0.1) is 11.8 Å². The summed E-state index contributed by atoms with van der Waals surface area (Å²) in [7, 11) is 0. The highest BCUT2D eigenvalue weighted by atomic mass is 32.2. The number of aromatic nitrogens is 1. The van der Waals surface area contributed by atoms with Gasteiger partial charge in [-0.2, -0.15) is 0 Å². The molecule has 2 aromatic rings. The summed E-state index contributed by atoms with van der Waals surface area (Å²) in [6, 6.07) is 13.8. The Bertz CT molecular complexity index is 660.